The molecule has 170 valence electrons. The van der Waals surface area contributed by atoms with Crippen LogP contribution >= 0.6 is 0 Å². The van der Waals surface area contributed by atoms with E-state index in [0.29, 0.717) is 17.0 Å². The van der Waals surface area contributed by atoms with Crippen molar-refractivity contribution >= 4 is 43.6 Å². The van der Waals surface area contributed by atoms with Gasteiger partial charge in [-0.1, -0.05) is 42.0 Å². The van der Waals surface area contributed by atoms with Gasteiger partial charge in [0.25, 0.3) is 10.0 Å². The summed E-state index contributed by atoms with van der Waals surface area (Å²) < 4.78 is 38.9. The molecule has 0 bridgehead atoms. The Bertz CT molecular complexity index is 1640. The van der Waals surface area contributed by atoms with Gasteiger partial charge in [0.2, 0.25) is 0 Å². The Labute approximate surface area is 197 Å². The van der Waals surface area contributed by atoms with E-state index in [1.165, 1.54) is 35.6 Å². The molecule has 6 nitrogen and oxygen atoms in total. The van der Waals surface area contributed by atoms with Gasteiger partial charge < -0.3 is 9.15 Å². The number of carbonyl (C=O) groups is 1. The highest BCUT2D eigenvalue weighted by Gasteiger charge is 2.23. The number of hydrogen-bond acceptors (Lipinski definition) is 5. The molecule has 0 saturated carbocycles. The van der Waals surface area contributed by atoms with E-state index >= 15 is 0 Å². The number of benzene rings is 4. The fourth-order valence-corrected chi connectivity index (χ4v) is 5.01. The molecule has 0 N–H and O–H groups in total. The van der Waals surface area contributed by atoms with Crippen molar-refractivity contribution in [3.63, 3.8) is 0 Å². The number of rotatable bonds is 5. The van der Waals surface area contributed by atoms with Crippen LogP contribution in [0.3, 0.4) is 0 Å². The lowest BCUT2D eigenvalue weighted by Crippen LogP contribution is -2.26. The maximum atomic E-state index is 13.2. The van der Waals surface area contributed by atoms with E-state index in [2.05, 4.69) is 0 Å². The van der Waals surface area contributed by atoms with Crippen molar-refractivity contribution < 1.29 is 22.4 Å². The predicted molar refractivity (Wildman–Crippen MR) is 132 cm³/mol. The number of anilines is 1. The highest BCUT2D eigenvalue weighted by Crippen LogP contribution is 2.31. The van der Waals surface area contributed by atoms with E-state index in [0.717, 1.165) is 21.9 Å². The second-order valence-corrected chi connectivity index (χ2v) is 9.95. The van der Waals surface area contributed by atoms with E-state index in [1.807, 2.05) is 43.3 Å². The highest BCUT2D eigenvalue weighted by atomic mass is 32.2. The Morgan fingerprint density at radius 1 is 0.824 bits per heavy atom. The highest BCUT2D eigenvalue weighted by molar-refractivity contribution is 7.92. The van der Waals surface area contributed by atoms with Crippen molar-refractivity contribution in [3.05, 3.63) is 102 Å². The maximum Gasteiger partial charge on any atom is 0.343 e. The number of para-hydroxylation sites is 1. The molecule has 0 aliphatic carbocycles. The van der Waals surface area contributed by atoms with Crippen molar-refractivity contribution in [2.75, 3.05) is 11.4 Å². The molecule has 0 atom stereocenters. The summed E-state index contributed by atoms with van der Waals surface area (Å²) in [5.41, 5.74) is 3.13. The van der Waals surface area contributed by atoms with Gasteiger partial charge in [-0.2, -0.15) is 0 Å². The molecule has 1 heterocycles. The van der Waals surface area contributed by atoms with Crippen LogP contribution in [0.5, 0.6) is 5.75 Å². The van der Waals surface area contributed by atoms with Gasteiger partial charge in [-0.05, 0) is 61.5 Å². The van der Waals surface area contributed by atoms with Gasteiger partial charge in [-0.3, -0.25) is 4.31 Å². The summed E-state index contributed by atoms with van der Waals surface area (Å²) in [4.78, 5) is 12.9. The molecule has 0 aliphatic heterocycles. The third kappa shape index (κ3) is 3.91. The first-order chi connectivity index (χ1) is 16.3. The van der Waals surface area contributed by atoms with E-state index in [9.17, 15) is 13.2 Å². The minimum atomic E-state index is -3.87. The minimum absolute atomic E-state index is 0.00121. The summed E-state index contributed by atoms with van der Waals surface area (Å²) in [6, 6.07) is 25.7. The topological polar surface area (TPSA) is 76.8 Å². The molecular formula is C27H21NO5S. The van der Waals surface area contributed by atoms with Crippen LogP contribution in [-0.2, 0) is 10.0 Å². The van der Waals surface area contributed by atoms with Crippen LogP contribution in [0.15, 0.2) is 100 Å². The fraction of sp³-hybridized carbons (Fsp3) is 0.0741. The molecule has 5 rings (SSSR count). The van der Waals surface area contributed by atoms with Gasteiger partial charge >= 0.3 is 5.97 Å². The zero-order valence-corrected chi connectivity index (χ0v) is 19.4. The van der Waals surface area contributed by atoms with Crippen molar-refractivity contribution in [2.45, 2.75) is 11.8 Å². The molecule has 0 radical (unpaired) electrons. The van der Waals surface area contributed by atoms with Crippen LogP contribution in [0, 0.1) is 6.92 Å². The minimum Gasteiger partial charge on any atom is -0.456 e. The molecule has 34 heavy (non-hydrogen) atoms. The Kier molecular flexibility index (Phi) is 5.34. The molecule has 0 unspecified atom stereocenters. The number of sulfonamides is 1. The standard InChI is InChI=1S/C27H21NO5S/c1-18-10-12-20(13-11-18)28(2)34(30,31)22-7-5-6-19(16-22)27(29)32-21-14-15-26-24(17-21)23-8-3-4-9-25(23)33-26/h3-17H,1-2H3. The SMILES string of the molecule is Cc1ccc(N(C)S(=O)(=O)c2cccc(C(=O)Oc3ccc4oc5ccccc5c4c3)c2)cc1. The second-order valence-electron chi connectivity index (χ2n) is 7.98. The first kappa shape index (κ1) is 21.7. The Balaban J connectivity index is 1.42. The number of furan rings is 1. The summed E-state index contributed by atoms with van der Waals surface area (Å²) in [6.07, 6.45) is 0. The summed E-state index contributed by atoms with van der Waals surface area (Å²) in [5, 5.41) is 1.75. The van der Waals surface area contributed by atoms with E-state index in [4.69, 9.17) is 9.15 Å². The molecule has 4 aromatic carbocycles. The van der Waals surface area contributed by atoms with Crippen molar-refractivity contribution in [1.29, 1.82) is 0 Å². The summed E-state index contributed by atoms with van der Waals surface area (Å²) >= 11 is 0. The monoisotopic (exact) mass is 471 g/mol. The zero-order chi connectivity index (χ0) is 23.9. The number of esters is 1. The Hall–Kier alpha value is -4.10. The number of hydrogen-bond donors (Lipinski definition) is 0. The quantitative estimate of drug-likeness (QED) is 0.234. The predicted octanol–water partition coefficient (Wildman–Crippen LogP) is 5.94. The van der Waals surface area contributed by atoms with Crippen molar-refractivity contribution in [2.24, 2.45) is 0 Å². The fourth-order valence-electron chi connectivity index (χ4n) is 3.77. The van der Waals surface area contributed by atoms with Gasteiger partial charge in [0.1, 0.15) is 16.9 Å². The van der Waals surface area contributed by atoms with Crippen LogP contribution < -0.4 is 9.04 Å². The average Bonchev–Trinajstić information content (AvgIpc) is 3.22. The van der Waals surface area contributed by atoms with Crippen LogP contribution in [0.4, 0.5) is 5.69 Å². The van der Waals surface area contributed by atoms with E-state index < -0.39 is 16.0 Å². The van der Waals surface area contributed by atoms with E-state index in [1.54, 1.807) is 30.3 Å². The normalized spacial score (nSPS) is 11.6. The number of ether oxygens (including phenoxy) is 1. The summed E-state index contributed by atoms with van der Waals surface area (Å²) in [5.74, 6) is -0.309. The zero-order valence-electron chi connectivity index (χ0n) is 18.6. The Morgan fingerprint density at radius 3 is 2.35 bits per heavy atom. The molecule has 5 aromatic rings. The number of fused-ring (bicyclic) bond motifs is 3. The second kappa shape index (κ2) is 8.35. The smallest absolute Gasteiger partial charge is 0.343 e. The van der Waals surface area contributed by atoms with Crippen molar-refractivity contribution in [3.8, 4) is 5.75 Å². The van der Waals surface area contributed by atoms with Crippen molar-refractivity contribution in [1.82, 2.24) is 0 Å². The van der Waals surface area contributed by atoms with Gasteiger partial charge in [-0.25, -0.2) is 13.2 Å². The molecule has 0 fully saturated rings. The van der Waals surface area contributed by atoms with Gasteiger partial charge in [0.05, 0.1) is 16.1 Å². The van der Waals surface area contributed by atoms with Gasteiger partial charge in [0.15, 0.2) is 0 Å². The van der Waals surface area contributed by atoms with Crippen LogP contribution in [0.2, 0.25) is 0 Å². The first-order valence-corrected chi connectivity index (χ1v) is 12.1. The summed E-state index contributed by atoms with van der Waals surface area (Å²) in [6.45, 7) is 1.93. The largest absolute Gasteiger partial charge is 0.456 e. The number of aryl methyl sites for hydroxylation is 1. The molecule has 0 aliphatic rings. The number of nitrogens with zero attached hydrogens (tertiary/aromatic N) is 1. The third-order valence-corrected chi connectivity index (χ3v) is 7.47. The molecule has 1 aromatic heterocycles. The van der Waals surface area contributed by atoms with Crippen LogP contribution in [-0.4, -0.2) is 21.4 Å². The molecule has 0 saturated heterocycles. The third-order valence-electron chi connectivity index (χ3n) is 5.68. The first-order valence-electron chi connectivity index (χ1n) is 10.6. The average molecular weight is 472 g/mol. The van der Waals surface area contributed by atoms with Gasteiger partial charge in [0, 0.05) is 17.8 Å². The molecule has 0 spiro atoms. The number of carbonyl (C=O) groups excluding carboxylic acids is 1. The maximum absolute atomic E-state index is 13.2. The molecule has 7 heteroatoms. The lowest BCUT2D eigenvalue weighted by atomic mass is 10.1. The summed E-state index contributed by atoms with van der Waals surface area (Å²) in [7, 11) is -2.38. The van der Waals surface area contributed by atoms with Crippen LogP contribution in [0.25, 0.3) is 21.9 Å². The lowest BCUT2D eigenvalue weighted by Gasteiger charge is -2.20. The Morgan fingerprint density at radius 2 is 1.56 bits per heavy atom. The van der Waals surface area contributed by atoms with Crippen LogP contribution in [0.1, 0.15) is 15.9 Å². The van der Waals surface area contributed by atoms with E-state index in [-0.39, 0.29) is 10.5 Å². The van der Waals surface area contributed by atoms with Gasteiger partial charge in [-0.15, -0.1) is 0 Å². The lowest BCUT2D eigenvalue weighted by molar-refractivity contribution is 0.0734. The molecular weight excluding hydrogens is 450 g/mol. The molecule has 0 amide bonds.